The summed E-state index contributed by atoms with van der Waals surface area (Å²) in [6.45, 7) is 0.850. The highest BCUT2D eigenvalue weighted by Crippen LogP contribution is 2.31. The highest BCUT2D eigenvalue weighted by Gasteiger charge is 2.20. The first kappa shape index (κ1) is 17.8. The molecule has 0 atom stereocenters. The Morgan fingerprint density at radius 1 is 1.07 bits per heavy atom. The number of aromatic nitrogens is 2. The maximum absolute atomic E-state index is 12.4. The molecule has 0 spiro atoms. The van der Waals surface area contributed by atoms with E-state index in [2.05, 4.69) is 32.3 Å². The lowest BCUT2D eigenvalue weighted by Crippen LogP contribution is -2.26. The van der Waals surface area contributed by atoms with Crippen LogP contribution in [0.2, 0.25) is 10.0 Å². The van der Waals surface area contributed by atoms with Gasteiger partial charge in [-0.25, -0.2) is 9.97 Å². The van der Waals surface area contributed by atoms with Crippen molar-refractivity contribution in [2.75, 3.05) is 16.8 Å². The molecular weight excluding hydrogens is 383 g/mol. The molecule has 0 aliphatic carbocycles. The van der Waals surface area contributed by atoms with E-state index in [4.69, 9.17) is 23.2 Å². The quantitative estimate of drug-likeness (QED) is 0.664. The van der Waals surface area contributed by atoms with E-state index in [-0.39, 0.29) is 5.91 Å². The molecule has 5 nitrogen and oxygen atoms in total. The van der Waals surface area contributed by atoms with Gasteiger partial charge in [-0.1, -0.05) is 41.4 Å². The van der Waals surface area contributed by atoms with Crippen molar-refractivity contribution in [2.45, 2.75) is 12.8 Å². The van der Waals surface area contributed by atoms with Crippen LogP contribution in [0.3, 0.4) is 0 Å². The number of carbonyl (C=O) groups is 1. The van der Waals surface area contributed by atoms with Gasteiger partial charge in [0.15, 0.2) is 0 Å². The zero-order valence-electron chi connectivity index (χ0n) is 14.3. The van der Waals surface area contributed by atoms with E-state index in [0.717, 1.165) is 25.1 Å². The lowest BCUT2D eigenvalue weighted by Gasteiger charge is -2.29. The van der Waals surface area contributed by atoms with Crippen molar-refractivity contribution in [2.24, 2.45) is 0 Å². The van der Waals surface area contributed by atoms with Crippen LogP contribution in [-0.2, 0) is 6.42 Å². The van der Waals surface area contributed by atoms with E-state index >= 15 is 0 Å². The number of aryl methyl sites for hydroxylation is 1. The second-order valence-electron chi connectivity index (χ2n) is 6.23. The minimum absolute atomic E-state index is 0.329. The molecule has 0 bridgehead atoms. The van der Waals surface area contributed by atoms with Crippen LogP contribution in [0.1, 0.15) is 22.3 Å². The zero-order valence-corrected chi connectivity index (χ0v) is 15.8. The van der Waals surface area contributed by atoms with Crippen molar-refractivity contribution in [3.63, 3.8) is 0 Å². The minimum Gasteiger partial charge on any atom is -0.321 e. The number of nitrogens with zero attached hydrogens (tertiary/aromatic N) is 3. The van der Waals surface area contributed by atoms with Crippen LogP contribution in [-0.4, -0.2) is 22.4 Å². The van der Waals surface area contributed by atoms with Crippen LogP contribution in [0.4, 0.5) is 17.3 Å². The highest BCUT2D eigenvalue weighted by molar-refractivity contribution is 6.36. The fraction of sp³-hybridized carbons (Fsp3) is 0.150. The number of nitrogens with one attached hydrogen (secondary N) is 1. The third kappa shape index (κ3) is 3.75. The van der Waals surface area contributed by atoms with Gasteiger partial charge in [0.05, 0.1) is 16.3 Å². The Hall–Kier alpha value is -2.63. The van der Waals surface area contributed by atoms with Crippen molar-refractivity contribution in [3.8, 4) is 0 Å². The number of rotatable bonds is 3. The number of fused-ring (bicyclic) bond motifs is 1. The van der Waals surface area contributed by atoms with Crippen molar-refractivity contribution in [3.05, 3.63) is 76.0 Å². The maximum Gasteiger partial charge on any atom is 0.258 e. The molecule has 4 rings (SSSR count). The van der Waals surface area contributed by atoms with Crippen LogP contribution in [0.25, 0.3) is 0 Å². The summed E-state index contributed by atoms with van der Waals surface area (Å²) in [4.78, 5) is 23.3. The number of carbonyl (C=O) groups excluding carboxylic acids is 1. The number of amides is 1. The monoisotopic (exact) mass is 398 g/mol. The van der Waals surface area contributed by atoms with Crippen molar-refractivity contribution < 1.29 is 4.79 Å². The molecule has 1 aromatic heterocycles. The standard InChI is InChI=1S/C20H16Cl2N4O/c21-15-7-8-17(16(22)10-15)25-19(27)14-11-23-20(24-12-14)26-9-3-5-13-4-1-2-6-18(13)26/h1-2,4,6-8,10-12H,3,5,9H2,(H,25,27). The normalized spacial score (nSPS) is 13.2. The molecule has 1 aliphatic heterocycles. The first-order valence-corrected chi connectivity index (χ1v) is 9.31. The van der Waals surface area contributed by atoms with Crippen molar-refractivity contribution in [1.29, 1.82) is 0 Å². The molecule has 7 heteroatoms. The second kappa shape index (κ2) is 7.55. The topological polar surface area (TPSA) is 58.1 Å². The predicted octanol–water partition coefficient (Wildman–Crippen LogP) is 5.12. The van der Waals surface area contributed by atoms with E-state index in [1.807, 2.05) is 12.1 Å². The van der Waals surface area contributed by atoms with E-state index in [0.29, 0.717) is 27.2 Å². The number of para-hydroxylation sites is 1. The average Bonchev–Trinajstić information content (AvgIpc) is 2.70. The van der Waals surface area contributed by atoms with Crippen molar-refractivity contribution in [1.82, 2.24) is 9.97 Å². The summed E-state index contributed by atoms with van der Waals surface area (Å²) in [6.07, 6.45) is 5.14. The Morgan fingerprint density at radius 3 is 2.63 bits per heavy atom. The molecule has 0 fully saturated rings. The largest absolute Gasteiger partial charge is 0.321 e. The zero-order chi connectivity index (χ0) is 18.8. The van der Waals surface area contributed by atoms with Gasteiger partial charge in [0.1, 0.15) is 0 Å². The maximum atomic E-state index is 12.4. The van der Waals surface area contributed by atoms with E-state index in [1.165, 1.54) is 18.0 Å². The first-order valence-electron chi connectivity index (χ1n) is 8.56. The molecule has 0 saturated heterocycles. The Morgan fingerprint density at radius 2 is 1.85 bits per heavy atom. The van der Waals surface area contributed by atoms with Crippen LogP contribution in [0, 0.1) is 0 Å². The molecule has 0 saturated carbocycles. The molecule has 1 amide bonds. The molecule has 2 heterocycles. The smallest absolute Gasteiger partial charge is 0.258 e. The highest BCUT2D eigenvalue weighted by atomic mass is 35.5. The van der Waals surface area contributed by atoms with Crippen LogP contribution < -0.4 is 10.2 Å². The Balaban J connectivity index is 1.53. The lowest BCUT2D eigenvalue weighted by atomic mass is 10.0. The Bertz CT molecular complexity index is 992. The summed E-state index contributed by atoms with van der Waals surface area (Å²) in [5.74, 6) is 0.257. The van der Waals surface area contributed by atoms with Gasteiger partial charge >= 0.3 is 0 Å². The second-order valence-corrected chi connectivity index (χ2v) is 7.08. The number of hydrogen-bond donors (Lipinski definition) is 1. The predicted molar refractivity (Wildman–Crippen MR) is 108 cm³/mol. The van der Waals surface area contributed by atoms with Gasteiger partial charge < -0.3 is 10.2 Å². The van der Waals surface area contributed by atoms with Crippen LogP contribution in [0.5, 0.6) is 0 Å². The van der Waals surface area contributed by atoms with Gasteiger partial charge in [0.25, 0.3) is 5.91 Å². The van der Waals surface area contributed by atoms with E-state index < -0.39 is 0 Å². The van der Waals surface area contributed by atoms with Gasteiger partial charge in [-0.2, -0.15) is 0 Å². The van der Waals surface area contributed by atoms with Crippen LogP contribution in [0.15, 0.2) is 54.9 Å². The molecule has 1 N–H and O–H groups in total. The van der Waals surface area contributed by atoms with Gasteiger partial charge in [0, 0.05) is 29.6 Å². The summed E-state index contributed by atoms with van der Waals surface area (Å²) >= 11 is 12.0. The Labute approximate surface area is 167 Å². The molecule has 1 aliphatic rings. The van der Waals surface area contributed by atoms with Gasteiger partial charge in [-0.05, 0) is 42.7 Å². The van der Waals surface area contributed by atoms with Gasteiger partial charge in [0.2, 0.25) is 5.95 Å². The summed E-state index contributed by atoms with van der Waals surface area (Å²) in [5, 5.41) is 3.63. The minimum atomic E-state index is -0.329. The third-order valence-corrected chi connectivity index (χ3v) is 4.98. The number of anilines is 3. The average molecular weight is 399 g/mol. The first-order chi connectivity index (χ1) is 13.1. The number of halogens is 2. The van der Waals surface area contributed by atoms with Gasteiger partial charge in [-0.15, -0.1) is 0 Å². The van der Waals surface area contributed by atoms with Gasteiger partial charge in [-0.3, -0.25) is 4.79 Å². The van der Waals surface area contributed by atoms with E-state index in [1.54, 1.807) is 18.2 Å². The SMILES string of the molecule is O=C(Nc1ccc(Cl)cc1Cl)c1cnc(N2CCCc3ccccc32)nc1. The molecule has 0 radical (unpaired) electrons. The molecule has 0 unspecified atom stereocenters. The fourth-order valence-electron chi connectivity index (χ4n) is 3.10. The summed E-state index contributed by atoms with van der Waals surface area (Å²) < 4.78 is 0. The fourth-order valence-corrected chi connectivity index (χ4v) is 3.56. The summed E-state index contributed by atoms with van der Waals surface area (Å²) in [6, 6.07) is 13.1. The molecule has 2 aromatic carbocycles. The van der Waals surface area contributed by atoms with Crippen LogP contribution >= 0.6 is 23.2 Å². The molecule has 3 aromatic rings. The number of hydrogen-bond acceptors (Lipinski definition) is 4. The molecule has 136 valence electrons. The summed E-state index contributed by atoms with van der Waals surface area (Å²) in [5.41, 5.74) is 3.25. The molecular formula is C20H16Cl2N4O. The third-order valence-electron chi connectivity index (χ3n) is 4.43. The van der Waals surface area contributed by atoms with E-state index in [9.17, 15) is 4.79 Å². The number of benzene rings is 2. The molecule has 27 heavy (non-hydrogen) atoms. The Kier molecular flexibility index (Phi) is 4.97. The van der Waals surface area contributed by atoms with Crippen molar-refractivity contribution >= 4 is 46.4 Å². The lowest BCUT2D eigenvalue weighted by molar-refractivity contribution is 0.102. The summed E-state index contributed by atoms with van der Waals surface area (Å²) in [7, 11) is 0.